The van der Waals surface area contributed by atoms with Crippen LogP contribution in [0.1, 0.15) is 34.1 Å². The van der Waals surface area contributed by atoms with Crippen molar-refractivity contribution >= 4 is 12.0 Å². The molecule has 1 aliphatic rings. The number of hydrogen-bond donors (Lipinski definition) is 2. The van der Waals surface area contributed by atoms with Gasteiger partial charge in [-0.2, -0.15) is 0 Å². The van der Waals surface area contributed by atoms with Crippen LogP contribution in [0.4, 0.5) is 4.79 Å². The van der Waals surface area contributed by atoms with Crippen LogP contribution < -0.4 is 5.32 Å². The number of urea groups is 1. The summed E-state index contributed by atoms with van der Waals surface area (Å²) < 4.78 is 5.15. The zero-order valence-corrected chi connectivity index (χ0v) is 12.8. The lowest BCUT2D eigenvalue weighted by molar-refractivity contribution is -0.144. The minimum Gasteiger partial charge on any atom is -0.479 e. The molecule has 116 valence electrons. The van der Waals surface area contributed by atoms with Gasteiger partial charge >= 0.3 is 12.0 Å². The van der Waals surface area contributed by atoms with Crippen LogP contribution in [0.3, 0.4) is 0 Å². The molecule has 6 nitrogen and oxygen atoms in total. The van der Waals surface area contributed by atoms with Gasteiger partial charge in [0, 0.05) is 26.1 Å². The zero-order valence-electron chi connectivity index (χ0n) is 12.8. The summed E-state index contributed by atoms with van der Waals surface area (Å²) in [4.78, 5) is 25.5. The minimum absolute atomic E-state index is 0.0330. The molecule has 0 aromatic heterocycles. The quantitative estimate of drug-likeness (QED) is 0.776. The Hall–Kier alpha value is -1.30. The largest absolute Gasteiger partial charge is 0.479 e. The van der Waals surface area contributed by atoms with Crippen LogP contribution in [0, 0.1) is 11.8 Å². The Kier molecular flexibility index (Phi) is 5.80. The molecule has 2 N–H and O–H groups in total. The Labute approximate surface area is 120 Å². The van der Waals surface area contributed by atoms with Crippen molar-refractivity contribution in [3.8, 4) is 0 Å². The maximum absolute atomic E-state index is 12.4. The average molecular weight is 286 g/mol. The highest BCUT2D eigenvalue weighted by atomic mass is 16.5. The maximum Gasteiger partial charge on any atom is 0.332 e. The van der Waals surface area contributed by atoms with Crippen molar-refractivity contribution in [2.24, 2.45) is 11.8 Å². The first-order valence-electron chi connectivity index (χ1n) is 7.15. The van der Waals surface area contributed by atoms with E-state index in [0.29, 0.717) is 38.0 Å². The summed E-state index contributed by atoms with van der Waals surface area (Å²) in [7, 11) is 0. The second-order valence-electron chi connectivity index (χ2n) is 6.31. The Balaban J connectivity index is 2.75. The third-order valence-corrected chi connectivity index (χ3v) is 3.24. The Morgan fingerprint density at radius 3 is 2.15 bits per heavy atom. The molecule has 6 heteroatoms. The predicted molar refractivity (Wildman–Crippen MR) is 75.6 cm³/mol. The van der Waals surface area contributed by atoms with Gasteiger partial charge in [0.05, 0.1) is 6.61 Å². The summed E-state index contributed by atoms with van der Waals surface area (Å²) in [6, 6.07) is -0.319. The fourth-order valence-electron chi connectivity index (χ4n) is 2.29. The molecule has 1 heterocycles. The van der Waals surface area contributed by atoms with E-state index in [1.54, 1.807) is 4.90 Å². The smallest absolute Gasteiger partial charge is 0.332 e. The SMILES string of the molecule is CC(C)CN(CC(C)C)C(=O)NC1(C(=O)O)CCOC1. The number of aliphatic carboxylic acids is 1. The molecule has 20 heavy (non-hydrogen) atoms. The van der Waals surface area contributed by atoms with E-state index >= 15 is 0 Å². The molecule has 1 fully saturated rings. The second kappa shape index (κ2) is 6.92. The zero-order chi connectivity index (χ0) is 15.3. The van der Waals surface area contributed by atoms with Gasteiger partial charge in [0.1, 0.15) is 0 Å². The van der Waals surface area contributed by atoms with Crippen LogP contribution >= 0.6 is 0 Å². The number of nitrogens with zero attached hydrogens (tertiary/aromatic N) is 1. The molecule has 1 atom stereocenters. The molecule has 1 saturated heterocycles. The fraction of sp³-hybridized carbons (Fsp3) is 0.857. The second-order valence-corrected chi connectivity index (χ2v) is 6.31. The van der Waals surface area contributed by atoms with E-state index in [-0.39, 0.29) is 12.6 Å². The van der Waals surface area contributed by atoms with Crippen molar-refractivity contribution < 1.29 is 19.4 Å². The summed E-state index contributed by atoms with van der Waals surface area (Å²) in [5, 5.41) is 12.0. The standard InChI is InChI=1S/C14H26N2O4/c1-10(2)7-16(8-11(3)4)13(19)15-14(12(17)18)5-6-20-9-14/h10-11H,5-9H2,1-4H3,(H,15,19)(H,17,18). The number of carbonyl (C=O) groups excluding carboxylic acids is 1. The van der Waals surface area contributed by atoms with Crippen molar-refractivity contribution in [1.29, 1.82) is 0 Å². The van der Waals surface area contributed by atoms with Gasteiger partial charge in [-0.3, -0.25) is 0 Å². The third-order valence-electron chi connectivity index (χ3n) is 3.24. The van der Waals surface area contributed by atoms with Gasteiger partial charge in [-0.25, -0.2) is 9.59 Å². The lowest BCUT2D eigenvalue weighted by atomic mass is 9.99. The van der Waals surface area contributed by atoms with Crippen LogP contribution in [0.2, 0.25) is 0 Å². The van der Waals surface area contributed by atoms with E-state index in [1.165, 1.54) is 0 Å². The van der Waals surface area contributed by atoms with Gasteiger partial charge in [0.25, 0.3) is 0 Å². The molecule has 0 aromatic carbocycles. The third kappa shape index (κ3) is 4.37. The van der Waals surface area contributed by atoms with Gasteiger partial charge in [-0.05, 0) is 11.8 Å². The first kappa shape index (κ1) is 16.8. The van der Waals surface area contributed by atoms with E-state index in [4.69, 9.17) is 4.74 Å². The first-order chi connectivity index (χ1) is 9.27. The molecule has 1 unspecified atom stereocenters. The molecule has 1 aliphatic heterocycles. The van der Waals surface area contributed by atoms with Crippen LogP contribution in [-0.4, -0.2) is 53.8 Å². The lowest BCUT2D eigenvalue weighted by Gasteiger charge is -2.31. The summed E-state index contributed by atoms with van der Waals surface area (Å²) in [6.07, 6.45) is 0.311. The van der Waals surface area contributed by atoms with Crippen LogP contribution in [0.25, 0.3) is 0 Å². The van der Waals surface area contributed by atoms with E-state index in [0.717, 1.165) is 0 Å². The number of carboxylic acid groups (broad SMARTS) is 1. The van der Waals surface area contributed by atoms with Gasteiger partial charge in [-0.1, -0.05) is 27.7 Å². The molecule has 0 bridgehead atoms. The maximum atomic E-state index is 12.4. The normalized spacial score (nSPS) is 22.3. The molecule has 0 saturated carbocycles. The van der Waals surface area contributed by atoms with Crippen molar-refractivity contribution in [3.05, 3.63) is 0 Å². The predicted octanol–water partition coefficient (Wildman–Crippen LogP) is 1.55. The van der Waals surface area contributed by atoms with Crippen molar-refractivity contribution in [3.63, 3.8) is 0 Å². The Morgan fingerprint density at radius 1 is 1.25 bits per heavy atom. The highest BCUT2D eigenvalue weighted by molar-refractivity contribution is 5.86. The number of hydrogen-bond acceptors (Lipinski definition) is 3. The van der Waals surface area contributed by atoms with Crippen LogP contribution in [0.5, 0.6) is 0 Å². The van der Waals surface area contributed by atoms with E-state index in [9.17, 15) is 14.7 Å². The first-order valence-corrected chi connectivity index (χ1v) is 7.15. The summed E-state index contributed by atoms with van der Waals surface area (Å²) in [5.41, 5.74) is -1.27. The number of ether oxygens (including phenoxy) is 1. The van der Waals surface area contributed by atoms with Gasteiger partial charge in [0.15, 0.2) is 5.54 Å². The molecule has 1 rings (SSSR count). The summed E-state index contributed by atoms with van der Waals surface area (Å²) >= 11 is 0. The van der Waals surface area contributed by atoms with E-state index in [1.807, 2.05) is 27.7 Å². The van der Waals surface area contributed by atoms with Crippen LogP contribution in [0.15, 0.2) is 0 Å². The fourth-order valence-corrected chi connectivity index (χ4v) is 2.29. The van der Waals surface area contributed by atoms with Crippen LogP contribution in [-0.2, 0) is 9.53 Å². The Bertz CT molecular complexity index is 339. The monoisotopic (exact) mass is 286 g/mol. The Morgan fingerprint density at radius 2 is 1.80 bits per heavy atom. The topological polar surface area (TPSA) is 78.9 Å². The lowest BCUT2D eigenvalue weighted by Crippen LogP contribution is -2.59. The number of rotatable bonds is 6. The van der Waals surface area contributed by atoms with E-state index in [2.05, 4.69) is 5.32 Å². The average Bonchev–Trinajstić information content (AvgIpc) is 2.76. The number of carboxylic acids is 1. The van der Waals surface area contributed by atoms with Crippen molar-refractivity contribution in [1.82, 2.24) is 10.2 Å². The molecular formula is C14H26N2O4. The molecule has 0 spiro atoms. The summed E-state index contributed by atoms with van der Waals surface area (Å²) in [6.45, 7) is 9.75. The molecular weight excluding hydrogens is 260 g/mol. The number of carbonyl (C=O) groups is 2. The van der Waals surface area contributed by atoms with Gasteiger partial charge in [0.2, 0.25) is 0 Å². The van der Waals surface area contributed by atoms with Gasteiger partial charge < -0.3 is 20.1 Å². The highest BCUT2D eigenvalue weighted by Crippen LogP contribution is 2.19. The number of amides is 2. The highest BCUT2D eigenvalue weighted by Gasteiger charge is 2.44. The van der Waals surface area contributed by atoms with Crippen molar-refractivity contribution in [2.45, 2.75) is 39.7 Å². The minimum atomic E-state index is -1.27. The number of nitrogens with one attached hydrogen (secondary N) is 1. The molecule has 2 amide bonds. The molecule has 0 radical (unpaired) electrons. The molecule has 0 aliphatic carbocycles. The molecule has 0 aromatic rings. The van der Waals surface area contributed by atoms with Gasteiger partial charge in [-0.15, -0.1) is 0 Å². The van der Waals surface area contributed by atoms with Crippen molar-refractivity contribution in [2.75, 3.05) is 26.3 Å². The summed E-state index contributed by atoms with van der Waals surface area (Å²) in [5.74, 6) is -0.363. The van der Waals surface area contributed by atoms with E-state index < -0.39 is 11.5 Å².